The number of amides is 2. The molecule has 9 heteroatoms. The smallest absolute Gasteiger partial charge is 0.325 e. The summed E-state index contributed by atoms with van der Waals surface area (Å²) in [5.74, 6) is -1.33. The number of ether oxygens (including phenoxy) is 1. The van der Waals surface area contributed by atoms with Crippen molar-refractivity contribution in [3.8, 4) is 11.3 Å². The van der Waals surface area contributed by atoms with Crippen molar-refractivity contribution in [3.05, 3.63) is 93.5 Å². The molecule has 1 aliphatic heterocycles. The van der Waals surface area contributed by atoms with E-state index in [-0.39, 0.29) is 19.0 Å². The van der Waals surface area contributed by atoms with E-state index >= 15 is 0 Å². The van der Waals surface area contributed by atoms with Gasteiger partial charge in [0.05, 0.1) is 23.9 Å². The molecule has 182 valence electrons. The minimum Gasteiger partial charge on any atom is -0.468 e. The molecular formula is C27H21Cl2N3O4. The van der Waals surface area contributed by atoms with Crippen molar-refractivity contribution in [2.24, 2.45) is 0 Å². The Morgan fingerprint density at radius 1 is 1.03 bits per heavy atom. The van der Waals surface area contributed by atoms with E-state index in [1.807, 2.05) is 42.5 Å². The van der Waals surface area contributed by atoms with Crippen LogP contribution in [0.5, 0.6) is 0 Å². The van der Waals surface area contributed by atoms with Crippen LogP contribution in [0.15, 0.2) is 66.7 Å². The molecule has 0 bridgehead atoms. The molecule has 0 spiro atoms. The third-order valence-corrected chi connectivity index (χ3v) is 6.80. The average Bonchev–Trinajstić information content (AvgIpc) is 3.37. The lowest BCUT2D eigenvalue weighted by molar-refractivity contribution is -0.141. The van der Waals surface area contributed by atoms with Crippen LogP contribution in [0, 0.1) is 0 Å². The normalized spacial score (nSPS) is 14.7. The summed E-state index contributed by atoms with van der Waals surface area (Å²) < 4.78 is 4.59. The lowest BCUT2D eigenvalue weighted by atomic mass is 9.93. The minimum atomic E-state index is -0.577. The van der Waals surface area contributed by atoms with Crippen molar-refractivity contribution in [3.63, 3.8) is 0 Å². The molecule has 5 rings (SSSR count). The maximum absolute atomic E-state index is 13.5. The second kappa shape index (κ2) is 9.68. The van der Waals surface area contributed by atoms with Crippen LogP contribution >= 0.6 is 23.2 Å². The zero-order valence-electron chi connectivity index (χ0n) is 19.2. The topological polar surface area (TPSA) is 91.5 Å². The van der Waals surface area contributed by atoms with Crippen molar-refractivity contribution in [1.29, 1.82) is 0 Å². The fraction of sp³-hybridized carbons (Fsp3) is 0.148. The Labute approximate surface area is 216 Å². The van der Waals surface area contributed by atoms with Crippen molar-refractivity contribution in [1.82, 2.24) is 15.2 Å². The maximum Gasteiger partial charge on any atom is 0.325 e. The quantitative estimate of drug-likeness (QED) is 0.350. The van der Waals surface area contributed by atoms with E-state index in [0.717, 1.165) is 33.3 Å². The third kappa shape index (κ3) is 4.21. The summed E-state index contributed by atoms with van der Waals surface area (Å²) >= 11 is 12.8. The number of hydrogen-bond acceptors (Lipinski definition) is 4. The van der Waals surface area contributed by atoms with Crippen molar-refractivity contribution < 1.29 is 19.1 Å². The van der Waals surface area contributed by atoms with Gasteiger partial charge in [-0.2, -0.15) is 0 Å². The number of H-pyrrole nitrogens is 1. The maximum atomic E-state index is 13.5. The molecule has 1 aliphatic rings. The van der Waals surface area contributed by atoms with E-state index in [1.165, 1.54) is 12.0 Å². The van der Waals surface area contributed by atoms with Gasteiger partial charge in [0.15, 0.2) is 0 Å². The number of benzene rings is 3. The number of esters is 1. The molecule has 3 aromatic carbocycles. The number of aromatic amines is 1. The second-order valence-corrected chi connectivity index (χ2v) is 9.20. The summed E-state index contributed by atoms with van der Waals surface area (Å²) in [6.45, 7) is -0.532. The first-order chi connectivity index (χ1) is 17.4. The molecule has 2 N–H and O–H groups in total. The molecule has 2 amide bonds. The molecule has 0 saturated carbocycles. The fourth-order valence-corrected chi connectivity index (χ4v) is 5.15. The van der Waals surface area contributed by atoms with E-state index in [1.54, 1.807) is 24.3 Å². The number of halogens is 2. The summed E-state index contributed by atoms with van der Waals surface area (Å²) in [5.41, 5.74) is 4.42. The number of para-hydroxylation sites is 1. The summed E-state index contributed by atoms with van der Waals surface area (Å²) in [7, 11) is 1.24. The zero-order chi connectivity index (χ0) is 25.4. The first-order valence-electron chi connectivity index (χ1n) is 11.2. The molecule has 0 fully saturated rings. The van der Waals surface area contributed by atoms with Crippen molar-refractivity contribution in [2.75, 3.05) is 20.2 Å². The Balaban J connectivity index is 1.67. The van der Waals surface area contributed by atoms with Crippen LogP contribution in [-0.2, 0) is 14.3 Å². The molecule has 1 atom stereocenters. The summed E-state index contributed by atoms with van der Waals surface area (Å²) in [5, 5.41) is 4.38. The van der Waals surface area contributed by atoms with Crippen LogP contribution in [0.4, 0.5) is 0 Å². The molecule has 4 aromatic rings. The zero-order valence-corrected chi connectivity index (χ0v) is 20.7. The number of carbonyl (C=O) groups is 3. The SMILES string of the molecule is COC(=O)CNC(=O)CN1C(=O)c2ccccc2[C@H]1c1c(-c2ccc(Cl)cc2Cl)[nH]c2ccccc12. The molecule has 36 heavy (non-hydrogen) atoms. The third-order valence-electron chi connectivity index (χ3n) is 6.25. The highest BCUT2D eigenvalue weighted by atomic mass is 35.5. The van der Waals surface area contributed by atoms with Crippen LogP contribution in [0.25, 0.3) is 22.2 Å². The molecule has 7 nitrogen and oxygen atoms in total. The predicted molar refractivity (Wildman–Crippen MR) is 138 cm³/mol. The van der Waals surface area contributed by atoms with Crippen LogP contribution in [0.3, 0.4) is 0 Å². The Morgan fingerprint density at radius 3 is 2.56 bits per heavy atom. The fourth-order valence-electron chi connectivity index (χ4n) is 4.65. The van der Waals surface area contributed by atoms with Gasteiger partial charge in [-0.25, -0.2) is 0 Å². The number of methoxy groups -OCH3 is 1. The largest absolute Gasteiger partial charge is 0.468 e. The summed E-state index contributed by atoms with van der Waals surface area (Å²) in [4.78, 5) is 42.8. The van der Waals surface area contributed by atoms with Gasteiger partial charge in [-0.3, -0.25) is 14.4 Å². The van der Waals surface area contributed by atoms with E-state index in [0.29, 0.717) is 15.6 Å². The number of aromatic nitrogens is 1. The van der Waals surface area contributed by atoms with Gasteiger partial charge in [0.2, 0.25) is 5.91 Å². The summed E-state index contributed by atoms with van der Waals surface area (Å²) in [6.07, 6.45) is 0. The molecule has 0 saturated heterocycles. The highest BCUT2D eigenvalue weighted by molar-refractivity contribution is 6.36. The Morgan fingerprint density at radius 2 is 1.78 bits per heavy atom. The molecule has 0 radical (unpaired) electrons. The van der Waals surface area contributed by atoms with E-state index in [9.17, 15) is 14.4 Å². The van der Waals surface area contributed by atoms with Crippen LogP contribution in [0.1, 0.15) is 27.5 Å². The molecule has 0 aliphatic carbocycles. The first-order valence-corrected chi connectivity index (χ1v) is 11.9. The predicted octanol–water partition coefficient (Wildman–Crippen LogP) is 4.98. The number of nitrogens with one attached hydrogen (secondary N) is 2. The van der Waals surface area contributed by atoms with Crippen LogP contribution in [-0.4, -0.2) is 47.9 Å². The van der Waals surface area contributed by atoms with Gasteiger partial charge in [-0.1, -0.05) is 59.6 Å². The molecular weight excluding hydrogens is 501 g/mol. The van der Waals surface area contributed by atoms with Gasteiger partial charge >= 0.3 is 5.97 Å². The Kier molecular flexibility index (Phi) is 6.43. The van der Waals surface area contributed by atoms with Gasteiger partial charge in [0, 0.05) is 32.6 Å². The lowest BCUT2D eigenvalue weighted by Crippen LogP contribution is -2.41. The van der Waals surface area contributed by atoms with E-state index < -0.39 is 17.9 Å². The number of carbonyl (C=O) groups excluding carboxylic acids is 3. The lowest BCUT2D eigenvalue weighted by Gasteiger charge is -2.26. The van der Waals surface area contributed by atoms with E-state index in [2.05, 4.69) is 15.0 Å². The van der Waals surface area contributed by atoms with Gasteiger partial charge in [-0.15, -0.1) is 0 Å². The van der Waals surface area contributed by atoms with Gasteiger partial charge < -0.3 is 19.9 Å². The second-order valence-electron chi connectivity index (χ2n) is 8.36. The van der Waals surface area contributed by atoms with Crippen molar-refractivity contribution in [2.45, 2.75) is 6.04 Å². The van der Waals surface area contributed by atoms with Crippen LogP contribution in [0.2, 0.25) is 10.0 Å². The number of rotatable bonds is 6. The monoisotopic (exact) mass is 521 g/mol. The van der Waals surface area contributed by atoms with Crippen molar-refractivity contribution >= 4 is 51.9 Å². The molecule has 1 aromatic heterocycles. The Hall–Kier alpha value is -3.81. The highest BCUT2D eigenvalue weighted by Crippen LogP contribution is 2.46. The van der Waals surface area contributed by atoms with Gasteiger partial charge in [-0.05, 0) is 35.9 Å². The number of hydrogen-bond donors (Lipinski definition) is 2. The average molecular weight is 522 g/mol. The number of fused-ring (bicyclic) bond motifs is 2. The number of nitrogens with zero attached hydrogens (tertiary/aromatic N) is 1. The Bertz CT molecular complexity index is 1510. The first kappa shape index (κ1) is 23.9. The van der Waals surface area contributed by atoms with Crippen LogP contribution < -0.4 is 5.32 Å². The van der Waals surface area contributed by atoms with Gasteiger partial charge in [0.1, 0.15) is 13.1 Å². The molecule has 2 heterocycles. The highest BCUT2D eigenvalue weighted by Gasteiger charge is 2.41. The summed E-state index contributed by atoms with van der Waals surface area (Å²) in [6, 6.07) is 19.7. The standard InChI is InChI=1S/C27H21Cl2N3O4/c1-36-23(34)13-30-22(33)14-32-26(16-6-2-3-7-17(16)27(32)35)24-19-8-4-5-9-21(19)31-25(24)18-11-10-15(28)12-20(18)29/h2-12,26,31H,13-14H2,1H3,(H,30,33)/t26-/m0/s1. The van der Waals surface area contributed by atoms with Gasteiger partial charge in [0.25, 0.3) is 5.91 Å². The minimum absolute atomic E-state index is 0.248. The van der Waals surface area contributed by atoms with E-state index in [4.69, 9.17) is 23.2 Å². The molecule has 0 unspecified atom stereocenters.